The molecule has 0 saturated carbocycles. The maximum absolute atomic E-state index is 10.7. The quantitative estimate of drug-likeness (QED) is 0.833. The Balaban J connectivity index is 2.11. The van der Waals surface area contributed by atoms with Crippen LogP contribution in [0.3, 0.4) is 0 Å². The van der Waals surface area contributed by atoms with Crippen LogP contribution in [0.25, 0.3) is 0 Å². The third-order valence-corrected chi connectivity index (χ3v) is 3.86. The van der Waals surface area contributed by atoms with Gasteiger partial charge in [0, 0.05) is 12.5 Å². The van der Waals surface area contributed by atoms with Crippen molar-refractivity contribution >= 4 is 17.3 Å². The predicted molar refractivity (Wildman–Crippen MR) is 58.5 cm³/mol. The molecule has 2 rings (SSSR count). The lowest BCUT2D eigenvalue weighted by molar-refractivity contribution is 0.0702. The third-order valence-electron chi connectivity index (χ3n) is 2.71. The van der Waals surface area contributed by atoms with Crippen molar-refractivity contribution in [2.24, 2.45) is 0 Å². The molecule has 1 aromatic rings. The Morgan fingerprint density at radius 2 is 2.53 bits per heavy atom. The molecule has 82 valence electrons. The molecule has 0 aromatic carbocycles. The van der Waals surface area contributed by atoms with E-state index in [9.17, 15) is 4.79 Å². The molecular weight excluding hydrogens is 212 g/mol. The zero-order chi connectivity index (χ0) is 10.8. The molecule has 0 radical (unpaired) electrons. The average Bonchev–Trinajstić information content (AvgIpc) is 2.66. The number of aromatic nitrogens is 1. The van der Waals surface area contributed by atoms with E-state index in [2.05, 4.69) is 16.9 Å². The number of nitrogens with zero attached hydrogens (tertiary/aromatic N) is 2. The maximum Gasteiger partial charge on any atom is 0.347 e. The van der Waals surface area contributed by atoms with Gasteiger partial charge in [0.05, 0.1) is 11.2 Å². The second-order valence-corrected chi connectivity index (χ2v) is 5.03. The third kappa shape index (κ3) is 2.35. The van der Waals surface area contributed by atoms with Gasteiger partial charge < -0.3 is 10.0 Å². The molecule has 0 amide bonds. The molecule has 15 heavy (non-hydrogen) atoms. The molecule has 0 bridgehead atoms. The number of piperidine rings is 1. The smallest absolute Gasteiger partial charge is 0.347 e. The monoisotopic (exact) mass is 226 g/mol. The Kier molecular flexibility index (Phi) is 3.02. The topological polar surface area (TPSA) is 53.4 Å². The summed E-state index contributed by atoms with van der Waals surface area (Å²) in [5.74, 6) is -0.454. The molecule has 1 saturated heterocycles. The van der Waals surface area contributed by atoms with Crippen LogP contribution in [0.1, 0.15) is 33.4 Å². The second-order valence-electron chi connectivity index (χ2n) is 3.97. The number of hydrogen-bond donors (Lipinski definition) is 1. The number of likely N-dealkylation sites (tertiary alicyclic amines) is 1. The van der Waals surface area contributed by atoms with Crippen molar-refractivity contribution < 1.29 is 9.90 Å². The van der Waals surface area contributed by atoms with Gasteiger partial charge in [-0.25, -0.2) is 9.78 Å². The van der Waals surface area contributed by atoms with Crippen molar-refractivity contribution in [2.45, 2.75) is 18.8 Å². The summed E-state index contributed by atoms with van der Waals surface area (Å²) < 4.78 is 0. The molecule has 2 heterocycles. The number of likely N-dealkylation sites (N-methyl/N-ethyl adjacent to an activating group) is 1. The highest BCUT2D eigenvalue weighted by molar-refractivity contribution is 7.13. The number of aromatic carboxylic acids is 1. The van der Waals surface area contributed by atoms with Crippen molar-refractivity contribution in [3.05, 3.63) is 16.1 Å². The molecular formula is C10H14N2O2S. The molecule has 1 fully saturated rings. The van der Waals surface area contributed by atoms with Crippen LogP contribution in [0.2, 0.25) is 0 Å². The van der Waals surface area contributed by atoms with Crippen LogP contribution in [0, 0.1) is 0 Å². The van der Waals surface area contributed by atoms with Gasteiger partial charge in [-0.05, 0) is 26.4 Å². The Bertz CT molecular complexity index is 364. The van der Waals surface area contributed by atoms with Crippen molar-refractivity contribution in [1.29, 1.82) is 0 Å². The number of carboxylic acid groups (broad SMARTS) is 1. The molecule has 0 aliphatic carbocycles. The Morgan fingerprint density at radius 3 is 3.13 bits per heavy atom. The summed E-state index contributed by atoms with van der Waals surface area (Å²) in [6, 6.07) is 0. The van der Waals surface area contributed by atoms with E-state index in [1.165, 1.54) is 24.0 Å². The highest BCUT2D eigenvalue weighted by Crippen LogP contribution is 2.29. The summed E-state index contributed by atoms with van der Waals surface area (Å²) in [4.78, 5) is 17.5. The van der Waals surface area contributed by atoms with Gasteiger partial charge in [0.15, 0.2) is 0 Å². The van der Waals surface area contributed by atoms with Gasteiger partial charge in [-0.3, -0.25) is 0 Å². The van der Waals surface area contributed by atoms with Crippen molar-refractivity contribution in [1.82, 2.24) is 9.88 Å². The van der Waals surface area contributed by atoms with Crippen LogP contribution >= 0.6 is 11.3 Å². The number of carboxylic acids is 1. The molecule has 5 heteroatoms. The minimum absolute atomic E-state index is 0.346. The fourth-order valence-electron chi connectivity index (χ4n) is 1.94. The zero-order valence-electron chi connectivity index (χ0n) is 8.64. The van der Waals surface area contributed by atoms with Crippen molar-refractivity contribution in [3.8, 4) is 0 Å². The van der Waals surface area contributed by atoms with Crippen LogP contribution in [-0.4, -0.2) is 41.1 Å². The lowest BCUT2D eigenvalue weighted by Crippen LogP contribution is -2.30. The number of thiazole rings is 1. The molecule has 1 N–H and O–H groups in total. The molecule has 1 aromatic heterocycles. The number of carbonyl (C=O) groups is 1. The van der Waals surface area contributed by atoms with E-state index in [4.69, 9.17) is 5.11 Å². The van der Waals surface area contributed by atoms with E-state index >= 15 is 0 Å². The van der Waals surface area contributed by atoms with Crippen molar-refractivity contribution in [2.75, 3.05) is 20.1 Å². The average molecular weight is 226 g/mol. The van der Waals surface area contributed by atoms with E-state index in [1.54, 1.807) is 0 Å². The summed E-state index contributed by atoms with van der Waals surface area (Å²) in [5.41, 5.74) is 0. The highest BCUT2D eigenvalue weighted by atomic mass is 32.1. The van der Waals surface area contributed by atoms with E-state index in [1.807, 2.05) is 0 Å². The van der Waals surface area contributed by atoms with Crippen LogP contribution < -0.4 is 0 Å². The summed E-state index contributed by atoms with van der Waals surface area (Å²) in [5, 5.41) is 9.78. The first-order valence-electron chi connectivity index (χ1n) is 5.04. The van der Waals surface area contributed by atoms with Crippen molar-refractivity contribution in [3.63, 3.8) is 0 Å². The predicted octanol–water partition coefficient (Wildman–Crippen LogP) is 1.65. The first-order valence-corrected chi connectivity index (χ1v) is 5.86. The molecule has 0 spiro atoms. The molecule has 4 nitrogen and oxygen atoms in total. The van der Waals surface area contributed by atoms with E-state index in [0.29, 0.717) is 10.8 Å². The zero-order valence-corrected chi connectivity index (χ0v) is 9.46. The maximum atomic E-state index is 10.7. The van der Waals surface area contributed by atoms with E-state index in [-0.39, 0.29) is 0 Å². The molecule has 1 aliphatic rings. The molecule has 1 atom stereocenters. The fourth-order valence-corrected chi connectivity index (χ4v) is 2.83. The normalized spacial score (nSPS) is 22.9. The van der Waals surface area contributed by atoms with Crippen LogP contribution in [0.4, 0.5) is 0 Å². The fraction of sp³-hybridized carbons (Fsp3) is 0.600. The minimum atomic E-state index is -0.872. The summed E-state index contributed by atoms with van der Waals surface area (Å²) in [6.07, 6.45) is 3.76. The lowest BCUT2D eigenvalue weighted by atomic mass is 9.99. The van der Waals surface area contributed by atoms with Gasteiger partial charge in [-0.15, -0.1) is 11.3 Å². The largest absolute Gasteiger partial charge is 0.477 e. The van der Waals surface area contributed by atoms with E-state index < -0.39 is 5.97 Å². The minimum Gasteiger partial charge on any atom is -0.477 e. The van der Waals surface area contributed by atoms with Crippen LogP contribution in [-0.2, 0) is 0 Å². The molecule has 1 aliphatic heterocycles. The van der Waals surface area contributed by atoms with Crippen LogP contribution in [0.15, 0.2) is 6.20 Å². The number of rotatable bonds is 2. The Morgan fingerprint density at radius 1 is 1.73 bits per heavy atom. The lowest BCUT2D eigenvalue weighted by Gasteiger charge is -2.28. The summed E-state index contributed by atoms with van der Waals surface area (Å²) >= 11 is 1.31. The summed E-state index contributed by atoms with van der Waals surface area (Å²) in [7, 11) is 2.10. The number of hydrogen-bond acceptors (Lipinski definition) is 4. The van der Waals surface area contributed by atoms with E-state index in [0.717, 1.165) is 24.5 Å². The first-order chi connectivity index (χ1) is 7.16. The van der Waals surface area contributed by atoms with Gasteiger partial charge >= 0.3 is 5.97 Å². The van der Waals surface area contributed by atoms with Gasteiger partial charge in [0.1, 0.15) is 4.88 Å². The Hall–Kier alpha value is -0.940. The highest BCUT2D eigenvalue weighted by Gasteiger charge is 2.22. The molecule has 1 unspecified atom stereocenters. The van der Waals surface area contributed by atoms with Crippen LogP contribution in [0.5, 0.6) is 0 Å². The second kappa shape index (κ2) is 4.28. The van der Waals surface area contributed by atoms with Gasteiger partial charge in [0.25, 0.3) is 0 Å². The summed E-state index contributed by atoms with van der Waals surface area (Å²) in [6.45, 7) is 2.13. The van der Waals surface area contributed by atoms with Gasteiger partial charge in [-0.2, -0.15) is 0 Å². The standard InChI is InChI=1S/C10H14N2O2S/c1-12-4-2-3-7(6-12)9-11-5-8(15-9)10(13)14/h5,7H,2-4,6H2,1H3,(H,13,14). The SMILES string of the molecule is CN1CCCC(c2ncc(C(=O)O)s2)C1. The van der Waals surface area contributed by atoms with Gasteiger partial charge in [-0.1, -0.05) is 0 Å². The first kappa shape index (κ1) is 10.6. The van der Waals surface area contributed by atoms with Gasteiger partial charge in [0.2, 0.25) is 0 Å². The Labute approximate surface area is 92.6 Å².